The minimum Gasteiger partial charge on any atom is -0.349 e. The number of aryl methyl sites for hydroxylation is 2. The number of carbonyl (C=O) groups is 1. The van der Waals surface area contributed by atoms with Gasteiger partial charge in [-0.15, -0.1) is 0 Å². The first-order chi connectivity index (χ1) is 8.16. The molecule has 0 bridgehead atoms. The smallest absolute Gasteiger partial charge is 0.253 e. The standard InChI is InChI=1S/C14H20N2O/c1-10-8-9-13(11(2)15-10)14(17)16-12-6-4-3-5-7-12/h8-9,12H,3-7H2,1-2H3,(H,16,17). The van der Waals surface area contributed by atoms with Gasteiger partial charge in [-0.25, -0.2) is 0 Å². The van der Waals surface area contributed by atoms with Crippen molar-refractivity contribution < 1.29 is 4.79 Å². The van der Waals surface area contributed by atoms with E-state index in [1.165, 1.54) is 19.3 Å². The molecule has 1 fully saturated rings. The van der Waals surface area contributed by atoms with E-state index in [-0.39, 0.29) is 5.91 Å². The maximum atomic E-state index is 12.1. The van der Waals surface area contributed by atoms with Gasteiger partial charge in [0.1, 0.15) is 0 Å². The zero-order valence-corrected chi connectivity index (χ0v) is 10.6. The van der Waals surface area contributed by atoms with E-state index in [4.69, 9.17) is 0 Å². The van der Waals surface area contributed by atoms with Crippen LogP contribution in [0.5, 0.6) is 0 Å². The fourth-order valence-corrected chi connectivity index (χ4v) is 2.44. The molecule has 1 aromatic rings. The van der Waals surface area contributed by atoms with Crippen molar-refractivity contribution in [2.45, 2.75) is 52.0 Å². The van der Waals surface area contributed by atoms with E-state index < -0.39 is 0 Å². The molecule has 3 nitrogen and oxygen atoms in total. The summed E-state index contributed by atoms with van der Waals surface area (Å²) >= 11 is 0. The average molecular weight is 232 g/mol. The van der Waals surface area contributed by atoms with Crippen molar-refractivity contribution in [3.63, 3.8) is 0 Å². The van der Waals surface area contributed by atoms with E-state index in [9.17, 15) is 4.79 Å². The Hall–Kier alpha value is -1.38. The summed E-state index contributed by atoms with van der Waals surface area (Å²) in [6.07, 6.45) is 6.00. The van der Waals surface area contributed by atoms with Crippen LogP contribution in [0.1, 0.15) is 53.8 Å². The van der Waals surface area contributed by atoms with E-state index >= 15 is 0 Å². The third-order valence-corrected chi connectivity index (χ3v) is 3.41. The summed E-state index contributed by atoms with van der Waals surface area (Å²) in [5.74, 6) is 0.0295. The fourth-order valence-electron chi connectivity index (χ4n) is 2.44. The SMILES string of the molecule is Cc1ccc(C(=O)NC2CCCCC2)c(C)n1. The Bertz CT molecular complexity index is 409. The summed E-state index contributed by atoms with van der Waals surface area (Å²) < 4.78 is 0. The molecule has 1 saturated carbocycles. The van der Waals surface area contributed by atoms with Crippen molar-refractivity contribution in [3.8, 4) is 0 Å². The minimum absolute atomic E-state index is 0.0295. The predicted octanol–water partition coefficient (Wildman–Crippen LogP) is 2.76. The lowest BCUT2D eigenvalue weighted by atomic mass is 9.95. The molecule has 1 aliphatic carbocycles. The van der Waals surface area contributed by atoms with Crippen LogP contribution in [-0.2, 0) is 0 Å². The molecule has 0 atom stereocenters. The lowest BCUT2D eigenvalue weighted by molar-refractivity contribution is 0.0926. The lowest BCUT2D eigenvalue weighted by Gasteiger charge is -2.23. The Balaban J connectivity index is 2.03. The highest BCUT2D eigenvalue weighted by molar-refractivity contribution is 5.95. The second-order valence-corrected chi connectivity index (χ2v) is 4.89. The van der Waals surface area contributed by atoms with Gasteiger partial charge in [-0.3, -0.25) is 9.78 Å². The number of nitrogens with one attached hydrogen (secondary N) is 1. The van der Waals surface area contributed by atoms with Crippen molar-refractivity contribution in [2.75, 3.05) is 0 Å². The zero-order valence-electron chi connectivity index (χ0n) is 10.6. The van der Waals surface area contributed by atoms with Crippen molar-refractivity contribution in [3.05, 3.63) is 29.1 Å². The second-order valence-electron chi connectivity index (χ2n) is 4.89. The molecule has 92 valence electrons. The number of hydrogen-bond donors (Lipinski definition) is 1. The van der Waals surface area contributed by atoms with Crippen LogP contribution < -0.4 is 5.32 Å². The number of carbonyl (C=O) groups excluding carboxylic acids is 1. The summed E-state index contributed by atoms with van der Waals surface area (Å²) in [7, 11) is 0. The minimum atomic E-state index is 0.0295. The first-order valence-corrected chi connectivity index (χ1v) is 6.42. The number of amides is 1. The first-order valence-electron chi connectivity index (χ1n) is 6.42. The van der Waals surface area contributed by atoms with Gasteiger partial charge in [-0.2, -0.15) is 0 Å². The highest BCUT2D eigenvalue weighted by Gasteiger charge is 2.17. The molecule has 0 spiro atoms. The van der Waals surface area contributed by atoms with Crippen LogP contribution in [0.15, 0.2) is 12.1 Å². The molecule has 0 aliphatic heterocycles. The number of hydrogen-bond acceptors (Lipinski definition) is 2. The summed E-state index contributed by atoms with van der Waals surface area (Å²) in [6.45, 7) is 3.83. The Kier molecular flexibility index (Phi) is 3.77. The molecule has 0 aromatic carbocycles. The normalized spacial score (nSPS) is 16.8. The highest BCUT2D eigenvalue weighted by atomic mass is 16.1. The zero-order chi connectivity index (χ0) is 12.3. The van der Waals surface area contributed by atoms with Gasteiger partial charge in [0.15, 0.2) is 0 Å². The molecule has 1 N–H and O–H groups in total. The predicted molar refractivity (Wildman–Crippen MR) is 68.1 cm³/mol. The van der Waals surface area contributed by atoms with Crippen LogP contribution in [0.3, 0.4) is 0 Å². The van der Waals surface area contributed by atoms with E-state index in [2.05, 4.69) is 10.3 Å². The average Bonchev–Trinajstić information content (AvgIpc) is 2.30. The van der Waals surface area contributed by atoms with Gasteiger partial charge in [-0.05, 0) is 38.8 Å². The summed E-state index contributed by atoms with van der Waals surface area (Å²) in [4.78, 5) is 16.4. The molecular formula is C14H20N2O. The van der Waals surface area contributed by atoms with E-state index in [1.807, 2.05) is 26.0 Å². The number of pyridine rings is 1. The van der Waals surface area contributed by atoms with Crippen LogP contribution in [0.2, 0.25) is 0 Å². The van der Waals surface area contributed by atoms with Gasteiger partial charge in [0.2, 0.25) is 0 Å². The summed E-state index contributed by atoms with van der Waals surface area (Å²) in [5.41, 5.74) is 2.48. The fraction of sp³-hybridized carbons (Fsp3) is 0.571. The first kappa shape index (κ1) is 12.1. The van der Waals surface area contributed by atoms with Crippen LogP contribution in [-0.4, -0.2) is 16.9 Å². The molecule has 2 rings (SSSR count). The third kappa shape index (κ3) is 3.05. The third-order valence-electron chi connectivity index (χ3n) is 3.41. The van der Waals surface area contributed by atoms with E-state index in [1.54, 1.807) is 0 Å². The monoisotopic (exact) mass is 232 g/mol. The van der Waals surface area contributed by atoms with Crippen LogP contribution in [0.4, 0.5) is 0 Å². The lowest BCUT2D eigenvalue weighted by Crippen LogP contribution is -2.36. The summed E-state index contributed by atoms with van der Waals surface area (Å²) in [5, 5.41) is 3.12. The van der Waals surface area contributed by atoms with Gasteiger partial charge < -0.3 is 5.32 Å². The molecule has 1 heterocycles. The van der Waals surface area contributed by atoms with E-state index in [0.717, 1.165) is 24.2 Å². The van der Waals surface area contributed by atoms with Crippen LogP contribution in [0.25, 0.3) is 0 Å². The maximum Gasteiger partial charge on any atom is 0.253 e. The molecule has 1 aromatic heterocycles. The second kappa shape index (κ2) is 5.30. The topological polar surface area (TPSA) is 42.0 Å². The molecule has 3 heteroatoms. The Morgan fingerprint density at radius 1 is 1.24 bits per heavy atom. The van der Waals surface area contributed by atoms with Crippen molar-refractivity contribution >= 4 is 5.91 Å². The summed E-state index contributed by atoms with van der Waals surface area (Å²) in [6, 6.07) is 4.12. The molecular weight excluding hydrogens is 212 g/mol. The molecule has 0 saturated heterocycles. The number of nitrogens with zero attached hydrogens (tertiary/aromatic N) is 1. The number of aromatic nitrogens is 1. The molecule has 0 unspecified atom stereocenters. The molecule has 1 aliphatic rings. The van der Waals surface area contributed by atoms with E-state index in [0.29, 0.717) is 11.6 Å². The van der Waals surface area contributed by atoms with Gasteiger partial charge >= 0.3 is 0 Å². The van der Waals surface area contributed by atoms with Crippen molar-refractivity contribution in [1.82, 2.24) is 10.3 Å². The Labute approximate surface area is 103 Å². The van der Waals surface area contributed by atoms with Crippen molar-refractivity contribution in [2.24, 2.45) is 0 Å². The largest absolute Gasteiger partial charge is 0.349 e. The molecule has 17 heavy (non-hydrogen) atoms. The molecule has 0 radical (unpaired) electrons. The highest BCUT2D eigenvalue weighted by Crippen LogP contribution is 2.18. The van der Waals surface area contributed by atoms with Crippen LogP contribution >= 0.6 is 0 Å². The van der Waals surface area contributed by atoms with Crippen molar-refractivity contribution in [1.29, 1.82) is 0 Å². The molecule has 1 amide bonds. The van der Waals surface area contributed by atoms with Gasteiger partial charge in [0.25, 0.3) is 5.91 Å². The van der Waals surface area contributed by atoms with Gasteiger partial charge in [0.05, 0.1) is 11.3 Å². The Morgan fingerprint density at radius 3 is 2.59 bits per heavy atom. The van der Waals surface area contributed by atoms with Gasteiger partial charge in [0, 0.05) is 11.7 Å². The van der Waals surface area contributed by atoms with Crippen LogP contribution in [0, 0.1) is 13.8 Å². The number of rotatable bonds is 2. The Morgan fingerprint density at radius 2 is 1.94 bits per heavy atom. The van der Waals surface area contributed by atoms with Gasteiger partial charge in [-0.1, -0.05) is 19.3 Å². The quantitative estimate of drug-likeness (QED) is 0.852. The maximum absolute atomic E-state index is 12.1.